The number of anilines is 1. The molecule has 2 aromatic rings. The molecule has 26 heavy (non-hydrogen) atoms. The van der Waals surface area contributed by atoms with Crippen LogP contribution in [-0.2, 0) is 11.3 Å². The number of amides is 1. The maximum Gasteiger partial charge on any atom is 0.282 e. The zero-order valence-electron chi connectivity index (χ0n) is 15.5. The Kier molecular flexibility index (Phi) is 7.24. The van der Waals surface area contributed by atoms with Crippen LogP contribution in [0.3, 0.4) is 0 Å². The molecule has 1 amide bonds. The number of hydrogen-bond donors (Lipinski definition) is 2. The first-order valence-corrected chi connectivity index (χ1v) is 8.87. The fourth-order valence-electron chi connectivity index (χ4n) is 2.52. The van der Waals surface area contributed by atoms with Crippen LogP contribution in [0.1, 0.15) is 19.4 Å². The predicted molar refractivity (Wildman–Crippen MR) is 102 cm³/mol. The summed E-state index contributed by atoms with van der Waals surface area (Å²) in [6.07, 6.45) is 1.58. The van der Waals surface area contributed by atoms with Crippen molar-refractivity contribution >= 4 is 23.2 Å². The summed E-state index contributed by atoms with van der Waals surface area (Å²) in [5.41, 5.74) is 1.57. The molecule has 0 aliphatic carbocycles. The Morgan fingerprint density at radius 2 is 2.12 bits per heavy atom. The van der Waals surface area contributed by atoms with Gasteiger partial charge in [0.1, 0.15) is 6.54 Å². The van der Waals surface area contributed by atoms with Crippen LogP contribution in [0.15, 0.2) is 36.5 Å². The Labute approximate surface area is 159 Å². The average Bonchev–Trinajstić information content (AvgIpc) is 2.64. The van der Waals surface area contributed by atoms with E-state index in [1.54, 1.807) is 25.4 Å². The standard InChI is InChI=1S/C19H24ClN3O3/c1-5-26-16-9-8-14(11-17(16)25-4)12-23(3)13(2)19(24)22-15-7-6-10-21-18(15)20/h6-11,13H,5,12H2,1-4H3,(H,22,24)/p+1/t13-/m1/s1. The molecule has 0 aliphatic rings. The van der Waals surface area contributed by atoms with E-state index < -0.39 is 0 Å². The number of halogens is 1. The lowest BCUT2D eigenvalue weighted by Gasteiger charge is -2.21. The summed E-state index contributed by atoms with van der Waals surface area (Å²) in [7, 11) is 3.59. The number of nitrogens with one attached hydrogen (secondary N) is 2. The molecule has 0 fully saturated rings. The summed E-state index contributed by atoms with van der Waals surface area (Å²) < 4.78 is 10.9. The first-order chi connectivity index (χ1) is 12.5. The molecular formula is C19H25ClN3O3+. The van der Waals surface area contributed by atoms with Crippen molar-refractivity contribution < 1.29 is 19.2 Å². The van der Waals surface area contributed by atoms with Crippen molar-refractivity contribution in [3.63, 3.8) is 0 Å². The van der Waals surface area contributed by atoms with Gasteiger partial charge in [0.25, 0.3) is 5.91 Å². The van der Waals surface area contributed by atoms with Gasteiger partial charge < -0.3 is 19.7 Å². The highest BCUT2D eigenvalue weighted by atomic mass is 35.5. The fraction of sp³-hybridized carbons (Fsp3) is 0.368. The fourth-order valence-corrected chi connectivity index (χ4v) is 2.68. The Balaban J connectivity index is 2.03. The molecule has 1 heterocycles. The lowest BCUT2D eigenvalue weighted by molar-refractivity contribution is -0.907. The van der Waals surface area contributed by atoms with Crippen molar-refractivity contribution in [2.45, 2.75) is 26.4 Å². The maximum atomic E-state index is 12.5. The van der Waals surface area contributed by atoms with E-state index in [9.17, 15) is 4.79 Å². The molecule has 0 saturated heterocycles. The van der Waals surface area contributed by atoms with Gasteiger partial charge in [0, 0.05) is 11.8 Å². The summed E-state index contributed by atoms with van der Waals surface area (Å²) in [5, 5.41) is 3.11. The first-order valence-electron chi connectivity index (χ1n) is 8.49. The van der Waals surface area contributed by atoms with Crippen LogP contribution in [0.4, 0.5) is 5.69 Å². The summed E-state index contributed by atoms with van der Waals surface area (Å²) in [6.45, 7) is 5.05. The normalized spacial score (nSPS) is 13.0. The molecule has 0 radical (unpaired) electrons. The smallest absolute Gasteiger partial charge is 0.282 e. The number of carbonyl (C=O) groups excluding carboxylic acids is 1. The number of hydrogen-bond acceptors (Lipinski definition) is 4. The third kappa shape index (κ3) is 5.09. The molecule has 6 nitrogen and oxygen atoms in total. The maximum absolute atomic E-state index is 12.5. The molecule has 0 bridgehead atoms. The van der Waals surface area contributed by atoms with E-state index in [0.717, 1.165) is 10.5 Å². The number of methoxy groups -OCH3 is 1. The van der Waals surface area contributed by atoms with Crippen molar-refractivity contribution in [3.8, 4) is 11.5 Å². The van der Waals surface area contributed by atoms with Crippen molar-refractivity contribution in [1.29, 1.82) is 0 Å². The van der Waals surface area contributed by atoms with Crippen LogP contribution >= 0.6 is 11.6 Å². The number of nitrogens with zero attached hydrogens (tertiary/aromatic N) is 1. The van der Waals surface area contributed by atoms with Gasteiger partial charge in [-0.2, -0.15) is 0 Å². The topological polar surface area (TPSA) is 64.9 Å². The van der Waals surface area contributed by atoms with E-state index in [2.05, 4.69) is 10.3 Å². The molecule has 1 aromatic carbocycles. The lowest BCUT2D eigenvalue weighted by Crippen LogP contribution is -3.12. The minimum absolute atomic E-state index is 0.115. The number of carbonyl (C=O) groups is 1. The molecule has 7 heteroatoms. The van der Waals surface area contributed by atoms with Gasteiger partial charge in [-0.1, -0.05) is 11.6 Å². The second kappa shape index (κ2) is 9.40. The van der Waals surface area contributed by atoms with Gasteiger partial charge in [-0.25, -0.2) is 4.98 Å². The Morgan fingerprint density at radius 1 is 1.35 bits per heavy atom. The molecule has 2 N–H and O–H groups in total. The number of quaternary nitrogens is 1. The van der Waals surface area contributed by atoms with E-state index >= 15 is 0 Å². The van der Waals surface area contributed by atoms with E-state index in [0.29, 0.717) is 30.3 Å². The van der Waals surface area contributed by atoms with Crippen LogP contribution in [-0.4, -0.2) is 37.7 Å². The highest BCUT2D eigenvalue weighted by molar-refractivity contribution is 6.32. The van der Waals surface area contributed by atoms with Crippen LogP contribution in [0.5, 0.6) is 11.5 Å². The lowest BCUT2D eigenvalue weighted by atomic mass is 10.1. The monoisotopic (exact) mass is 378 g/mol. The summed E-state index contributed by atoms with van der Waals surface area (Å²) in [4.78, 5) is 17.5. The highest BCUT2D eigenvalue weighted by Gasteiger charge is 2.23. The number of ether oxygens (including phenoxy) is 2. The van der Waals surface area contributed by atoms with Crippen molar-refractivity contribution in [2.75, 3.05) is 26.1 Å². The van der Waals surface area contributed by atoms with Gasteiger partial charge in [-0.15, -0.1) is 0 Å². The zero-order valence-corrected chi connectivity index (χ0v) is 16.3. The number of likely N-dealkylation sites (N-methyl/N-ethyl adjacent to an activating group) is 1. The van der Waals surface area contributed by atoms with Crippen LogP contribution in [0.2, 0.25) is 5.15 Å². The van der Waals surface area contributed by atoms with E-state index in [1.807, 2.05) is 39.1 Å². The zero-order chi connectivity index (χ0) is 19.1. The predicted octanol–water partition coefficient (Wildman–Crippen LogP) is 2.18. The van der Waals surface area contributed by atoms with Crippen LogP contribution < -0.4 is 19.7 Å². The van der Waals surface area contributed by atoms with Gasteiger partial charge in [0.2, 0.25) is 0 Å². The molecule has 1 unspecified atom stereocenters. The summed E-state index contributed by atoms with van der Waals surface area (Å²) in [6, 6.07) is 9.01. The Bertz CT molecular complexity index is 755. The molecule has 1 aromatic heterocycles. The molecular weight excluding hydrogens is 354 g/mol. The van der Waals surface area contributed by atoms with Gasteiger partial charge in [0.05, 0.1) is 26.5 Å². The number of benzene rings is 1. The van der Waals surface area contributed by atoms with Gasteiger partial charge >= 0.3 is 0 Å². The van der Waals surface area contributed by atoms with Crippen LogP contribution in [0, 0.1) is 0 Å². The third-order valence-electron chi connectivity index (χ3n) is 4.16. The van der Waals surface area contributed by atoms with Gasteiger partial charge in [-0.05, 0) is 44.2 Å². The van der Waals surface area contributed by atoms with E-state index in [1.165, 1.54) is 0 Å². The molecule has 0 spiro atoms. The summed E-state index contributed by atoms with van der Waals surface area (Å²) in [5.74, 6) is 1.29. The molecule has 0 aliphatic heterocycles. The van der Waals surface area contributed by atoms with Crippen molar-refractivity contribution in [2.24, 2.45) is 0 Å². The first kappa shape index (κ1) is 20.0. The quantitative estimate of drug-likeness (QED) is 0.691. The van der Waals surface area contributed by atoms with Crippen molar-refractivity contribution in [3.05, 3.63) is 47.2 Å². The second-order valence-electron chi connectivity index (χ2n) is 5.99. The largest absolute Gasteiger partial charge is 0.493 e. The highest BCUT2D eigenvalue weighted by Crippen LogP contribution is 2.27. The molecule has 2 atom stereocenters. The van der Waals surface area contributed by atoms with Gasteiger partial charge in [-0.3, -0.25) is 4.79 Å². The molecule has 140 valence electrons. The number of rotatable bonds is 8. The Hall–Kier alpha value is -2.31. The average molecular weight is 379 g/mol. The van der Waals surface area contributed by atoms with Crippen molar-refractivity contribution in [1.82, 2.24) is 4.98 Å². The van der Waals surface area contributed by atoms with Crippen LogP contribution in [0.25, 0.3) is 0 Å². The molecule has 2 rings (SSSR count). The Morgan fingerprint density at radius 3 is 2.77 bits per heavy atom. The number of aromatic nitrogens is 1. The molecule has 0 saturated carbocycles. The SMILES string of the molecule is CCOc1ccc(C[NH+](C)[C@H](C)C(=O)Nc2cccnc2Cl)cc1OC. The minimum atomic E-state index is -0.274. The van der Waals surface area contributed by atoms with E-state index in [-0.39, 0.29) is 17.1 Å². The second-order valence-corrected chi connectivity index (χ2v) is 6.35. The minimum Gasteiger partial charge on any atom is -0.493 e. The number of pyridine rings is 1. The van der Waals surface area contributed by atoms with E-state index in [4.69, 9.17) is 21.1 Å². The third-order valence-corrected chi connectivity index (χ3v) is 4.46. The van der Waals surface area contributed by atoms with Gasteiger partial charge in [0.15, 0.2) is 22.7 Å². The summed E-state index contributed by atoms with van der Waals surface area (Å²) >= 11 is 6.00.